The molecule has 0 bridgehead atoms. The third kappa shape index (κ3) is 26.0. The van der Waals surface area contributed by atoms with Crippen LogP contribution in [0.1, 0.15) is 198 Å². The van der Waals surface area contributed by atoms with Crippen molar-refractivity contribution in [3.05, 3.63) is 184 Å². The van der Waals surface area contributed by atoms with Crippen LogP contribution in [-0.4, -0.2) is 133 Å². The molecule has 1 aliphatic carbocycles. The Hall–Kier alpha value is -4.83. The molecule has 6 aromatic rings. The van der Waals surface area contributed by atoms with Gasteiger partial charge in [0, 0.05) is 32.7 Å². The highest BCUT2D eigenvalue weighted by Gasteiger charge is 2.35. The van der Waals surface area contributed by atoms with Crippen LogP contribution in [0.3, 0.4) is 0 Å². The summed E-state index contributed by atoms with van der Waals surface area (Å²) in [4.78, 5) is 62.9. The molecule has 12 rings (SSSR count). The van der Waals surface area contributed by atoms with Gasteiger partial charge in [0.2, 0.25) is 28.9 Å². The van der Waals surface area contributed by atoms with Gasteiger partial charge in [-0.1, -0.05) is 60.9 Å². The van der Waals surface area contributed by atoms with Gasteiger partial charge in [0.05, 0.1) is 12.7 Å². The summed E-state index contributed by atoms with van der Waals surface area (Å²) in [5, 5.41) is 0.214. The van der Waals surface area contributed by atoms with Crippen molar-refractivity contribution in [2.45, 2.75) is 167 Å². The lowest BCUT2D eigenvalue weighted by molar-refractivity contribution is 0.0988. The van der Waals surface area contributed by atoms with Gasteiger partial charge < -0.3 is 14.2 Å². The molecule has 1 unspecified atom stereocenters. The van der Waals surface area contributed by atoms with Crippen molar-refractivity contribution in [1.82, 2.24) is 0 Å². The Morgan fingerprint density at radius 1 is 0.427 bits per heavy atom. The maximum absolute atomic E-state index is 12.6. The van der Waals surface area contributed by atoms with Crippen LogP contribution >= 0.6 is 11.8 Å². The van der Waals surface area contributed by atoms with Crippen LogP contribution in [0.2, 0.25) is 0 Å². The van der Waals surface area contributed by atoms with Gasteiger partial charge in [0.25, 0.3) is 0 Å². The fourth-order valence-electron chi connectivity index (χ4n) is 13.2. The molecule has 6 fully saturated rings. The van der Waals surface area contributed by atoms with Crippen LogP contribution < -0.4 is 14.2 Å². The van der Waals surface area contributed by atoms with Crippen LogP contribution in [0.5, 0.6) is 23.0 Å². The number of hydrogen-bond donors (Lipinski definition) is 0. The van der Waals surface area contributed by atoms with E-state index in [1.54, 1.807) is 0 Å². The molecular formula is C82H109O8S6+5. The number of thioether (sulfide) groups is 1. The smallest absolute Gasteiger partial charge is 0.214 e. The Kier molecular flexibility index (Phi) is 33.4. The lowest BCUT2D eigenvalue weighted by Crippen LogP contribution is -2.34. The van der Waals surface area contributed by atoms with Gasteiger partial charge in [0.1, 0.15) is 80.5 Å². The van der Waals surface area contributed by atoms with Crippen LogP contribution in [0.15, 0.2) is 138 Å². The van der Waals surface area contributed by atoms with Crippen LogP contribution in [-0.2, 0) is 54.5 Å². The molecule has 0 N–H and O–H groups in total. The van der Waals surface area contributed by atoms with E-state index in [1.165, 1.54) is 176 Å². The molecule has 1 saturated carbocycles. The van der Waals surface area contributed by atoms with Crippen molar-refractivity contribution in [1.29, 1.82) is 0 Å². The van der Waals surface area contributed by atoms with Crippen LogP contribution in [0, 0.1) is 27.7 Å². The molecule has 0 amide bonds. The van der Waals surface area contributed by atoms with Gasteiger partial charge in [-0.15, -0.1) is 11.8 Å². The topological polar surface area (TPSA) is 113 Å². The lowest BCUT2D eigenvalue weighted by atomic mass is 9.98. The van der Waals surface area contributed by atoms with Crippen molar-refractivity contribution in [2.75, 3.05) is 92.9 Å². The predicted octanol–water partition coefficient (Wildman–Crippen LogP) is 18.4. The minimum absolute atomic E-state index is 0.214. The molecule has 5 saturated heterocycles. The minimum Gasteiger partial charge on any atom is -0.494 e. The maximum Gasteiger partial charge on any atom is 0.214 e. The molecule has 0 aromatic heterocycles. The van der Waals surface area contributed by atoms with Crippen molar-refractivity contribution < 1.29 is 38.2 Å². The van der Waals surface area contributed by atoms with E-state index in [0.717, 1.165) is 90.7 Å². The lowest BCUT2D eigenvalue weighted by Gasteiger charge is -2.23. The van der Waals surface area contributed by atoms with E-state index in [2.05, 4.69) is 45.9 Å². The molecule has 14 heteroatoms. The largest absolute Gasteiger partial charge is 0.494 e. The van der Waals surface area contributed by atoms with Crippen molar-refractivity contribution in [2.24, 2.45) is 0 Å². The number of benzene rings is 6. The highest BCUT2D eigenvalue weighted by atomic mass is 32.2. The van der Waals surface area contributed by atoms with E-state index >= 15 is 0 Å². The monoisotopic (exact) mass is 1410 g/mol. The normalized spacial score (nSPS) is 17.3. The van der Waals surface area contributed by atoms with E-state index in [1.807, 2.05) is 148 Å². The first-order chi connectivity index (χ1) is 46.6. The average molecular weight is 1420 g/mol. The van der Waals surface area contributed by atoms with Gasteiger partial charge in [-0.05, 0) is 306 Å². The quantitative estimate of drug-likeness (QED) is 0.0351. The number of carbonyl (C=O) groups is 5. The Labute approximate surface area is 595 Å². The minimum atomic E-state index is 0.214. The zero-order valence-electron chi connectivity index (χ0n) is 58.7. The second-order valence-corrected chi connectivity index (χ2v) is 39.5. The first kappa shape index (κ1) is 76.9. The van der Waals surface area contributed by atoms with E-state index in [9.17, 15) is 24.0 Å². The Bertz CT molecular complexity index is 3290. The number of Topliss-reactive ketones (excluding diaryl/α,β-unsaturated/α-hetero) is 5. The molecular weight excluding hydrogens is 1310 g/mol. The molecule has 1 atom stereocenters. The van der Waals surface area contributed by atoms with Crippen molar-refractivity contribution in [3.8, 4) is 23.0 Å². The number of hydrogen-bond acceptors (Lipinski definition) is 9. The summed E-state index contributed by atoms with van der Waals surface area (Å²) in [6, 6.07) is 43.3. The second-order valence-electron chi connectivity index (χ2n) is 26.2. The molecule has 0 spiro atoms. The summed E-state index contributed by atoms with van der Waals surface area (Å²) in [6.45, 7) is 15.1. The number of ketones is 5. The first-order valence-electron chi connectivity index (χ1n) is 35.7. The van der Waals surface area contributed by atoms with Crippen LogP contribution in [0.25, 0.3) is 0 Å². The summed E-state index contributed by atoms with van der Waals surface area (Å²) >= 11 is 1.82. The van der Waals surface area contributed by atoms with E-state index in [0.29, 0.717) is 90.3 Å². The Morgan fingerprint density at radius 3 is 1.26 bits per heavy atom. The van der Waals surface area contributed by atoms with Gasteiger partial charge in [-0.3, -0.25) is 24.0 Å². The number of carbonyl (C=O) groups excluding carboxylic acids is 5. The molecule has 516 valence electrons. The van der Waals surface area contributed by atoms with Gasteiger partial charge in [0.15, 0.2) is 28.3 Å². The standard InChI is InChI=1S/C18H25O2S.C18H19O2S.C16H23O2S.C16H23OS.C14H19OS2/c2*19-18(14-21-12-4-5-13-21)15-8-10-17(11-9-15)20-16-6-2-1-3-7-16;1-4-18-14-9-12(2)16(13(3)10-14)15(17)11-19-7-5-6-8-19;1-12-9-13(2)11-15(10-12)16(17)14(3)18-7-5-4-6-8-18;1-2-16-13-7-5-12(6-8-13)14(15)11-17-9-3-4-10-17/h8-11,16H,1-7,12-14H2;1-3,6-11H,4-5,12-14H2;9-10H,4-8,11H2,1-3H3;9-11,14H,4-8H2,1-3H3;5-8H,2-4,9-11H2,1H3/q5*+1. The summed E-state index contributed by atoms with van der Waals surface area (Å²) in [6.07, 6.45) is 21.1. The highest BCUT2D eigenvalue weighted by molar-refractivity contribution is 7.99. The third-order valence-electron chi connectivity index (χ3n) is 18.3. The van der Waals surface area contributed by atoms with Crippen molar-refractivity contribution >= 4 is 95.2 Å². The third-order valence-corrected chi connectivity index (χ3v) is 31.6. The summed E-state index contributed by atoms with van der Waals surface area (Å²) < 4.78 is 17.3. The van der Waals surface area contributed by atoms with Gasteiger partial charge in [-0.2, -0.15) is 0 Å². The fourth-order valence-corrected chi connectivity index (χ4v) is 25.3. The Balaban J connectivity index is 0.000000154. The van der Waals surface area contributed by atoms with E-state index in [4.69, 9.17) is 14.2 Å². The predicted molar refractivity (Wildman–Crippen MR) is 420 cm³/mol. The summed E-state index contributed by atoms with van der Waals surface area (Å²) in [7, 11) is 1.71. The maximum atomic E-state index is 12.6. The van der Waals surface area contributed by atoms with Gasteiger partial charge >= 0.3 is 0 Å². The summed E-state index contributed by atoms with van der Waals surface area (Å²) in [5.41, 5.74) is 8.87. The molecule has 8 nitrogen and oxygen atoms in total. The molecule has 6 aromatic carbocycles. The van der Waals surface area contributed by atoms with Crippen LogP contribution in [0.4, 0.5) is 0 Å². The van der Waals surface area contributed by atoms with Crippen molar-refractivity contribution in [3.63, 3.8) is 0 Å². The molecule has 6 aliphatic rings. The van der Waals surface area contributed by atoms with Gasteiger partial charge in [-0.25, -0.2) is 0 Å². The number of rotatable bonds is 23. The highest BCUT2D eigenvalue weighted by Crippen LogP contribution is 2.29. The second kappa shape index (κ2) is 41.7. The SMILES string of the molecule is CCOc1cc(C)c(C(=O)C[S+]2CCCC2)c(C)c1.CCSc1ccc(C(=O)C[S+]2CCCC2)cc1.Cc1cc(C)cc(C(=O)C(C)[S+]2CCCCC2)c1.O=C(C[S+]1CCCC1)c1ccc(OC2CCCCC2)cc1.O=C(C[S+]1CCCC1)c1ccc(Oc2ccccc2)cc1. The fraction of sp³-hybridized carbons (Fsp3) is 0.500. The van der Waals surface area contributed by atoms with E-state index < -0.39 is 0 Å². The number of para-hydroxylation sites is 1. The molecule has 0 radical (unpaired) electrons. The zero-order valence-corrected chi connectivity index (χ0v) is 63.6. The molecule has 5 aliphatic heterocycles. The number of aryl methyl sites for hydroxylation is 4. The molecule has 5 heterocycles. The van der Waals surface area contributed by atoms with E-state index in [-0.39, 0.29) is 11.0 Å². The average Bonchev–Trinajstić information content (AvgIpc) is 3.28. The molecule has 96 heavy (non-hydrogen) atoms. The zero-order chi connectivity index (χ0) is 68.0. The number of ether oxygens (including phenoxy) is 3. The summed E-state index contributed by atoms with van der Waals surface area (Å²) in [5.74, 6) is 21.6. The first-order valence-corrected chi connectivity index (χ1v) is 45.2. The Morgan fingerprint density at radius 2 is 0.823 bits per heavy atom.